The van der Waals surface area contributed by atoms with Gasteiger partial charge in [0.2, 0.25) is 0 Å². The quantitative estimate of drug-likeness (QED) is 0.627. The summed E-state index contributed by atoms with van der Waals surface area (Å²) in [7, 11) is -1.68. The Bertz CT molecular complexity index is 535. The van der Waals surface area contributed by atoms with E-state index in [-0.39, 0.29) is 5.04 Å². The van der Waals surface area contributed by atoms with Gasteiger partial charge in [0.15, 0.2) is 8.32 Å². The highest BCUT2D eigenvalue weighted by molar-refractivity contribution is 6.74. The largest absolute Gasteiger partial charge is 0.413 e. The molecule has 0 saturated carbocycles. The smallest absolute Gasteiger partial charge is 0.192 e. The van der Waals surface area contributed by atoms with E-state index in [1.165, 1.54) is 41.5 Å². The molecule has 0 saturated heterocycles. The van der Waals surface area contributed by atoms with Gasteiger partial charge in [-0.15, -0.1) is 0 Å². The lowest BCUT2D eigenvalue weighted by Gasteiger charge is -2.36. The van der Waals surface area contributed by atoms with Crippen molar-refractivity contribution < 1.29 is 4.43 Å². The van der Waals surface area contributed by atoms with E-state index in [9.17, 15) is 0 Å². The van der Waals surface area contributed by atoms with Crippen molar-refractivity contribution in [2.24, 2.45) is 0 Å². The lowest BCUT2D eigenvalue weighted by atomic mass is 9.99. The van der Waals surface area contributed by atoms with Crippen LogP contribution in [0.25, 0.3) is 6.08 Å². The van der Waals surface area contributed by atoms with Gasteiger partial charge >= 0.3 is 0 Å². The predicted molar refractivity (Wildman–Crippen MR) is 95.0 cm³/mol. The Labute approximate surface area is 131 Å². The van der Waals surface area contributed by atoms with Crippen molar-refractivity contribution in [3.8, 4) is 0 Å². The van der Waals surface area contributed by atoms with Crippen molar-refractivity contribution in [3.63, 3.8) is 0 Å². The van der Waals surface area contributed by atoms with Crippen molar-refractivity contribution in [2.45, 2.75) is 71.7 Å². The van der Waals surface area contributed by atoms with Gasteiger partial charge in [-0.3, -0.25) is 0 Å². The zero-order chi connectivity index (χ0) is 15.7. The standard InChI is InChI=1S/C19H30OSi/c1-15-9-7-10-16-11-8-12-17(18(16)13-15)14-20-21(5,6)19(2,3)4/h8,11-13H,7,9-10,14H2,1-6H3. The second-order valence-corrected chi connectivity index (χ2v) is 12.7. The highest BCUT2D eigenvalue weighted by Gasteiger charge is 2.37. The van der Waals surface area contributed by atoms with Crippen LogP contribution >= 0.6 is 0 Å². The third-order valence-corrected chi connectivity index (χ3v) is 9.57. The highest BCUT2D eigenvalue weighted by Crippen LogP contribution is 2.37. The molecule has 0 bridgehead atoms. The maximum atomic E-state index is 6.43. The summed E-state index contributed by atoms with van der Waals surface area (Å²) in [5.41, 5.74) is 5.77. The summed E-state index contributed by atoms with van der Waals surface area (Å²) >= 11 is 0. The van der Waals surface area contributed by atoms with Crippen LogP contribution in [0.5, 0.6) is 0 Å². The van der Waals surface area contributed by atoms with Crippen molar-refractivity contribution in [2.75, 3.05) is 0 Å². The summed E-state index contributed by atoms with van der Waals surface area (Å²) in [5.74, 6) is 0. The van der Waals surface area contributed by atoms with Crippen LogP contribution in [-0.2, 0) is 17.5 Å². The summed E-state index contributed by atoms with van der Waals surface area (Å²) in [4.78, 5) is 0. The predicted octanol–water partition coefficient (Wildman–Crippen LogP) is 5.95. The number of rotatable bonds is 3. The second-order valence-electron chi connectivity index (χ2n) is 7.88. The van der Waals surface area contributed by atoms with E-state index in [4.69, 9.17) is 4.43 Å². The molecule has 1 nitrogen and oxygen atoms in total. The van der Waals surface area contributed by atoms with Crippen molar-refractivity contribution >= 4 is 14.4 Å². The first-order chi connectivity index (χ1) is 9.71. The lowest BCUT2D eigenvalue weighted by molar-refractivity contribution is 0.276. The van der Waals surface area contributed by atoms with E-state index in [0.717, 1.165) is 6.61 Å². The number of benzene rings is 1. The molecule has 1 aliphatic rings. The Balaban J connectivity index is 2.24. The zero-order valence-electron chi connectivity index (χ0n) is 14.5. The van der Waals surface area contributed by atoms with Crippen molar-refractivity contribution in [1.82, 2.24) is 0 Å². The molecule has 21 heavy (non-hydrogen) atoms. The molecule has 0 atom stereocenters. The third-order valence-electron chi connectivity index (χ3n) is 5.09. The molecule has 0 spiro atoms. The number of aryl methyl sites for hydroxylation is 1. The molecule has 1 aliphatic carbocycles. The zero-order valence-corrected chi connectivity index (χ0v) is 15.5. The van der Waals surface area contributed by atoms with Gasteiger partial charge in [-0.05, 0) is 61.0 Å². The molecule has 0 aromatic heterocycles. The van der Waals surface area contributed by atoms with Gasteiger partial charge in [-0.2, -0.15) is 0 Å². The molecule has 0 radical (unpaired) electrons. The maximum Gasteiger partial charge on any atom is 0.192 e. The fourth-order valence-electron chi connectivity index (χ4n) is 2.55. The Hall–Kier alpha value is -0.863. The van der Waals surface area contributed by atoms with Gasteiger partial charge in [0.05, 0.1) is 6.61 Å². The minimum Gasteiger partial charge on any atom is -0.413 e. The van der Waals surface area contributed by atoms with E-state index < -0.39 is 8.32 Å². The molecular weight excluding hydrogens is 272 g/mol. The number of fused-ring (bicyclic) bond motifs is 1. The first-order valence-corrected chi connectivity index (χ1v) is 11.0. The average molecular weight is 303 g/mol. The molecule has 0 fully saturated rings. The van der Waals surface area contributed by atoms with Crippen LogP contribution < -0.4 is 0 Å². The second kappa shape index (κ2) is 6.10. The Morgan fingerprint density at radius 2 is 1.86 bits per heavy atom. The van der Waals surface area contributed by atoms with Gasteiger partial charge < -0.3 is 4.43 Å². The number of hydrogen-bond donors (Lipinski definition) is 0. The fourth-order valence-corrected chi connectivity index (χ4v) is 3.50. The van der Waals surface area contributed by atoms with E-state index >= 15 is 0 Å². The lowest BCUT2D eigenvalue weighted by Crippen LogP contribution is -2.40. The maximum absolute atomic E-state index is 6.43. The minimum atomic E-state index is -1.68. The summed E-state index contributed by atoms with van der Waals surface area (Å²) in [6.07, 6.45) is 6.06. The van der Waals surface area contributed by atoms with E-state index in [0.29, 0.717) is 0 Å². The summed E-state index contributed by atoms with van der Waals surface area (Å²) in [6.45, 7) is 14.6. The minimum absolute atomic E-state index is 0.268. The summed E-state index contributed by atoms with van der Waals surface area (Å²) < 4.78 is 6.43. The highest BCUT2D eigenvalue weighted by atomic mass is 28.4. The van der Waals surface area contributed by atoms with Crippen molar-refractivity contribution in [1.29, 1.82) is 0 Å². The molecular formula is C19H30OSi. The average Bonchev–Trinajstić information content (AvgIpc) is 2.56. The first kappa shape index (κ1) is 16.5. The Kier molecular flexibility index (Phi) is 4.79. The van der Waals surface area contributed by atoms with Crippen LogP contribution in [-0.4, -0.2) is 8.32 Å². The molecule has 116 valence electrons. The van der Waals surface area contributed by atoms with Crippen LogP contribution in [0, 0.1) is 0 Å². The molecule has 2 rings (SSSR count). The topological polar surface area (TPSA) is 9.23 Å². The fraction of sp³-hybridized carbons (Fsp3) is 0.579. The normalized spacial score (nSPS) is 16.2. The van der Waals surface area contributed by atoms with Gasteiger partial charge in [-0.1, -0.05) is 50.6 Å². The van der Waals surface area contributed by atoms with Crippen molar-refractivity contribution in [3.05, 3.63) is 40.5 Å². The van der Waals surface area contributed by atoms with Crippen LogP contribution in [0.3, 0.4) is 0 Å². The van der Waals surface area contributed by atoms with Gasteiger partial charge in [-0.25, -0.2) is 0 Å². The monoisotopic (exact) mass is 302 g/mol. The molecule has 1 aromatic carbocycles. The Morgan fingerprint density at radius 1 is 1.14 bits per heavy atom. The molecule has 2 heteroatoms. The third kappa shape index (κ3) is 3.86. The number of allylic oxidation sites excluding steroid dienone is 1. The van der Waals surface area contributed by atoms with Crippen LogP contribution in [0.15, 0.2) is 23.8 Å². The number of hydrogen-bond acceptors (Lipinski definition) is 1. The van der Waals surface area contributed by atoms with Gasteiger partial charge in [0, 0.05) is 0 Å². The van der Waals surface area contributed by atoms with E-state index in [2.05, 4.69) is 65.1 Å². The molecule has 0 heterocycles. The molecule has 1 aromatic rings. The molecule has 0 amide bonds. The van der Waals surface area contributed by atoms with Crippen LogP contribution in [0.1, 0.15) is 57.2 Å². The van der Waals surface area contributed by atoms with Gasteiger partial charge in [0.1, 0.15) is 0 Å². The summed E-state index contributed by atoms with van der Waals surface area (Å²) in [5, 5.41) is 0.268. The van der Waals surface area contributed by atoms with Crippen LogP contribution in [0.4, 0.5) is 0 Å². The Morgan fingerprint density at radius 3 is 2.52 bits per heavy atom. The van der Waals surface area contributed by atoms with E-state index in [1.807, 2.05) is 0 Å². The van der Waals surface area contributed by atoms with E-state index in [1.54, 1.807) is 0 Å². The van der Waals surface area contributed by atoms with Gasteiger partial charge in [0.25, 0.3) is 0 Å². The SMILES string of the molecule is CC1=Cc2c(cccc2CO[Si](C)(C)C(C)(C)C)CCC1. The molecule has 0 aliphatic heterocycles. The molecule has 0 unspecified atom stereocenters. The first-order valence-electron chi connectivity index (χ1n) is 8.12. The molecule has 0 N–H and O–H groups in total. The van der Waals surface area contributed by atoms with Crippen LogP contribution in [0.2, 0.25) is 18.1 Å². The summed E-state index contributed by atoms with van der Waals surface area (Å²) in [6, 6.07) is 6.71.